The predicted molar refractivity (Wildman–Crippen MR) is 89.5 cm³/mol. The Bertz CT molecular complexity index is 713. The lowest BCUT2D eigenvalue weighted by atomic mass is 10.0. The van der Waals surface area contributed by atoms with Crippen LogP contribution in [0.15, 0.2) is 4.79 Å². The van der Waals surface area contributed by atoms with Crippen molar-refractivity contribution < 1.29 is 0 Å². The number of unbranched alkanes of at least 4 members (excludes halogenated alkanes) is 5. The highest BCUT2D eigenvalue weighted by molar-refractivity contribution is 5.50. The van der Waals surface area contributed by atoms with E-state index in [-0.39, 0.29) is 5.43 Å². The molecule has 0 spiro atoms. The Hall–Kier alpha value is -1.75. The zero-order valence-corrected chi connectivity index (χ0v) is 13.2. The lowest BCUT2D eigenvalue weighted by Crippen LogP contribution is -2.43. The van der Waals surface area contributed by atoms with Crippen molar-refractivity contribution in [1.82, 2.24) is 4.98 Å². The molecule has 0 saturated carbocycles. The van der Waals surface area contributed by atoms with Crippen LogP contribution in [0.25, 0.3) is 12.2 Å². The molecule has 1 N–H and O–H groups in total. The van der Waals surface area contributed by atoms with Crippen LogP contribution in [0.4, 0.5) is 0 Å². The first-order chi connectivity index (χ1) is 10.2. The van der Waals surface area contributed by atoms with Crippen molar-refractivity contribution in [3.05, 3.63) is 32.0 Å². The molecular weight excluding hydrogens is 258 g/mol. The molecule has 1 aliphatic carbocycles. The van der Waals surface area contributed by atoms with Crippen LogP contribution < -0.4 is 16.0 Å². The summed E-state index contributed by atoms with van der Waals surface area (Å²) in [6.07, 6.45) is 13.1. The highest BCUT2D eigenvalue weighted by Gasteiger charge is 2.06. The van der Waals surface area contributed by atoms with Gasteiger partial charge < -0.3 is 4.98 Å². The minimum atomic E-state index is 0.136. The standard InChI is InChI=1S/C19H25NO/c1-3-4-5-6-7-10-13-17-15(2)19(21)16-12-9-8-11-14-18(16)20-17/h12,14,20H,3-7,10-11,13H2,1-2H3. The van der Waals surface area contributed by atoms with E-state index in [4.69, 9.17) is 0 Å². The minimum absolute atomic E-state index is 0.136. The van der Waals surface area contributed by atoms with Crippen LogP contribution in [0.3, 0.4) is 0 Å². The highest BCUT2D eigenvalue weighted by atomic mass is 16.1. The van der Waals surface area contributed by atoms with Gasteiger partial charge in [0.1, 0.15) is 0 Å². The molecule has 2 nitrogen and oxygen atoms in total. The topological polar surface area (TPSA) is 32.9 Å². The van der Waals surface area contributed by atoms with Crippen LogP contribution >= 0.6 is 0 Å². The van der Waals surface area contributed by atoms with E-state index >= 15 is 0 Å². The molecule has 0 bridgehead atoms. The Morgan fingerprint density at radius 2 is 1.95 bits per heavy atom. The van der Waals surface area contributed by atoms with Crippen molar-refractivity contribution in [2.24, 2.45) is 0 Å². The number of fused-ring (bicyclic) bond motifs is 1. The zero-order valence-electron chi connectivity index (χ0n) is 13.2. The van der Waals surface area contributed by atoms with E-state index in [0.717, 1.165) is 34.7 Å². The van der Waals surface area contributed by atoms with E-state index < -0.39 is 0 Å². The van der Waals surface area contributed by atoms with Gasteiger partial charge in [-0.2, -0.15) is 0 Å². The molecule has 0 aliphatic heterocycles. The number of pyridine rings is 1. The molecule has 1 aromatic rings. The van der Waals surface area contributed by atoms with Crippen LogP contribution in [0.1, 0.15) is 63.1 Å². The number of aromatic nitrogens is 1. The second-order valence-corrected chi connectivity index (χ2v) is 5.78. The number of nitrogens with one attached hydrogen (secondary N) is 1. The van der Waals surface area contributed by atoms with Gasteiger partial charge in [-0.15, -0.1) is 0 Å². The summed E-state index contributed by atoms with van der Waals surface area (Å²) >= 11 is 0. The third kappa shape index (κ3) is 4.11. The Morgan fingerprint density at radius 1 is 1.19 bits per heavy atom. The van der Waals surface area contributed by atoms with Gasteiger partial charge in [0.05, 0.1) is 5.22 Å². The number of aryl methyl sites for hydroxylation is 1. The molecule has 21 heavy (non-hydrogen) atoms. The van der Waals surface area contributed by atoms with Crippen LogP contribution in [-0.2, 0) is 6.42 Å². The molecule has 1 aliphatic rings. The summed E-state index contributed by atoms with van der Waals surface area (Å²) < 4.78 is 0. The largest absolute Gasteiger partial charge is 0.358 e. The third-order valence-electron chi connectivity index (χ3n) is 4.12. The maximum absolute atomic E-state index is 12.4. The molecule has 2 rings (SSSR count). The molecule has 0 amide bonds. The number of aromatic amines is 1. The van der Waals surface area contributed by atoms with E-state index in [0.29, 0.717) is 6.42 Å². The lowest BCUT2D eigenvalue weighted by molar-refractivity contribution is 0.603. The molecule has 2 heteroatoms. The van der Waals surface area contributed by atoms with Crippen molar-refractivity contribution in [3.8, 4) is 11.8 Å². The summed E-state index contributed by atoms with van der Waals surface area (Å²) in [5, 5.41) is 1.66. The summed E-state index contributed by atoms with van der Waals surface area (Å²) in [6.45, 7) is 4.17. The van der Waals surface area contributed by atoms with Crippen LogP contribution in [0, 0.1) is 18.8 Å². The number of hydrogen-bond donors (Lipinski definition) is 1. The fraction of sp³-hybridized carbons (Fsp3) is 0.526. The van der Waals surface area contributed by atoms with Gasteiger partial charge in [0.25, 0.3) is 0 Å². The summed E-state index contributed by atoms with van der Waals surface area (Å²) in [5.74, 6) is 5.95. The summed E-state index contributed by atoms with van der Waals surface area (Å²) in [5.41, 5.74) is 2.09. The van der Waals surface area contributed by atoms with Gasteiger partial charge in [-0.3, -0.25) is 4.79 Å². The Labute approximate surface area is 127 Å². The molecule has 1 aromatic heterocycles. The summed E-state index contributed by atoms with van der Waals surface area (Å²) in [4.78, 5) is 15.9. The van der Waals surface area contributed by atoms with Gasteiger partial charge in [0.2, 0.25) is 0 Å². The summed E-state index contributed by atoms with van der Waals surface area (Å²) in [7, 11) is 0. The SMILES string of the molecule is CCCCCCCCc1[nH]c2c(c(=O)c1C)=CC#CCC=2. The first kappa shape index (κ1) is 15.6. The van der Waals surface area contributed by atoms with Crippen LogP contribution in [-0.4, -0.2) is 4.98 Å². The Balaban J connectivity index is 2.09. The lowest BCUT2D eigenvalue weighted by Gasteiger charge is -2.06. The predicted octanol–water partition coefficient (Wildman–Crippen LogP) is 2.55. The maximum Gasteiger partial charge on any atom is 0.193 e. The molecule has 0 aromatic carbocycles. The quantitative estimate of drug-likeness (QED) is 0.605. The van der Waals surface area contributed by atoms with E-state index in [1.54, 1.807) is 6.08 Å². The van der Waals surface area contributed by atoms with Crippen molar-refractivity contribution in [2.45, 2.75) is 65.2 Å². The average molecular weight is 283 g/mol. The maximum atomic E-state index is 12.4. The third-order valence-corrected chi connectivity index (χ3v) is 4.12. The second-order valence-electron chi connectivity index (χ2n) is 5.78. The van der Waals surface area contributed by atoms with Crippen LogP contribution in [0.2, 0.25) is 0 Å². The smallest absolute Gasteiger partial charge is 0.193 e. The molecule has 0 unspecified atom stereocenters. The molecule has 0 saturated heterocycles. The molecule has 0 radical (unpaired) electrons. The molecule has 1 heterocycles. The number of H-pyrrole nitrogens is 1. The first-order valence-corrected chi connectivity index (χ1v) is 8.14. The molecule has 0 fully saturated rings. The van der Waals surface area contributed by atoms with Gasteiger partial charge in [0, 0.05) is 29.1 Å². The monoisotopic (exact) mass is 283 g/mol. The van der Waals surface area contributed by atoms with Crippen molar-refractivity contribution in [1.29, 1.82) is 0 Å². The van der Waals surface area contributed by atoms with Gasteiger partial charge >= 0.3 is 0 Å². The fourth-order valence-corrected chi connectivity index (χ4v) is 2.76. The van der Waals surface area contributed by atoms with Gasteiger partial charge in [-0.25, -0.2) is 0 Å². The van der Waals surface area contributed by atoms with Gasteiger partial charge in [0.15, 0.2) is 5.43 Å². The second kappa shape index (κ2) is 7.88. The van der Waals surface area contributed by atoms with E-state index in [9.17, 15) is 4.79 Å². The van der Waals surface area contributed by atoms with Crippen molar-refractivity contribution in [3.63, 3.8) is 0 Å². The highest BCUT2D eigenvalue weighted by Crippen LogP contribution is 2.08. The van der Waals surface area contributed by atoms with Crippen molar-refractivity contribution in [2.75, 3.05) is 0 Å². The molecule has 0 atom stereocenters. The van der Waals surface area contributed by atoms with Crippen molar-refractivity contribution >= 4 is 12.2 Å². The van der Waals surface area contributed by atoms with Gasteiger partial charge in [-0.1, -0.05) is 50.9 Å². The number of rotatable bonds is 7. The fourth-order valence-electron chi connectivity index (χ4n) is 2.76. The van der Waals surface area contributed by atoms with E-state index in [1.165, 1.54) is 32.1 Å². The Morgan fingerprint density at radius 3 is 2.76 bits per heavy atom. The van der Waals surface area contributed by atoms with E-state index in [2.05, 4.69) is 23.7 Å². The van der Waals surface area contributed by atoms with Gasteiger partial charge in [-0.05, 0) is 25.8 Å². The first-order valence-electron chi connectivity index (χ1n) is 8.14. The summed E-state index contributed by atoms with van der Waals surface area (Å²) in [6, 6.07) is 0. The Kier molecular flexibility index (Phi) is 5.87. The number of hydrogen-bond acceptors (Lipinski definition) is 1. The minimum Gasteiger partial charge on any atom is -0.358 e. The van der Waals surface area contributed by atoms with E-state index in [1.807, 2.05) is 13.0 Å². The molecule has 112 valence electrons. The van der Waals surface area contributed by atoms with Crippen LogP contribution in [0.5, 0.6) is 0 Å². The zero-order chi connectivity index (χ0) is 15.1. The normalized spacial score (nSPS) is 12.5. The molecular formula is C19H25NO. The average Bonchev–Trinajstić information content (AvgIpc) is 2.73.